The van der Waals surface area contributed by atoms with Crippen molar-refractivity contribution >= 4 is 35.3 Å². The van der Waals surface area contributed by atoms with Crippen LogP contribution in [0.3, 0.4) is 0 Å². The fraction of sp³-hybridized carbons (Fsp3) is 0.500. The summed E-state index contributed by atoms with van der Waals surface area (Å²) in [6, 6.07) is 0. The van der Waals surface area contributed by atoms with Crippen molar-refractivity contribution < 1.29 is 13.2 Å². The molecule has 0 fully saturated rings. The number of rotatable bonds is 1. The van der Waals surface area contributed by atoms with Crippen LogP contribution in [0.1, 0.15) is 15.6 Å². The number of hydrogen-bond donors (Lipinski definition) is 0. The van der Waals surface area contributed by atoms with Crippen LogP contribution in [0.4, 0.5) is 13.2 Å². The first-order valence-electron chi connectivity index (χ1n) is 3.04. The monoisotopic (exact) mass is 251 g/mol. The van der Waals surface area contributed by atoms with Gasteiger partial charge in [-0.25, -0.2) is 4.98 Å². The summed E-state index contributed by atoms with van der Waals surface area (Å²) in [5, 5.41) is 0.387. The largest absolute Gasteiger partial charge is 0.434 e. The van der Waals surface area contributed by atoms with E-state index in [4.69, 9.17) is 11.6 Å². The SMILES string of the molecule is Cc1nc(C(F)(F)F)c(CCl)s1.Cl. The number of halogens is 5. The molecule has 0 aliphatic heterocycles. The molecule has 1 rings (SSSR count). The van der Waals surface area contributed by atoms with E-state index in [1.54, 1.807) is 0 Å². The maximum atomic E-state index is 12.1. The Hall–Kier alpha value is -0.000000000000000278. The van der Waals surface area contributed by atoms with E-state index in [2.05, 4.69) is 4.98 Å². The fourth-order valence-electron chi connectivity index (χ4n) is 0.781. The van der Waals surface area contributed by atoms with Gasteiger partial charge in [0.15, 0.2) is 5.69 Å². The lowest BCUT2D eigenvalue weighted by Crippen LogP contribution is -2.07. The van der Waals surface area contributed by atoms with Crippen LogP contribution in [0, 0.1) is 6.92 Å². The molecule has 0 aromatic carbocycles. The highest BCUT2D eigenvalue weighted by Gasteiger charge is 2.36. The molecular formula is C6H6Cl2F3NS. The van der Waals surface area contributed by atoms with Crippen LogP contribution >= 0.6 is 35.3 Å². The maximum absolute atomic E-state index is 12.1. The second-order valence-electron chi connectivity index (χ2n) is 2.14. The summed E-state index contributed by atoms with van der Waals surface area (Å²) in [7, 11) is 0. The van der Waals surface area contributed by atoms with Crippen LogP contribution in [0.25, 0.3) is 0 Å². The smallest absolute Gasteiger partial charge is 0.237 e. The van der Waals surface area contributed by atoms with E-state index in [0.717, 1.165) is 11.3 Å². The first-order valence-corrected chi connectivity index (χ1v) is 4.39. The molecule has 0 aliphatic rings. The molecule has 1 aromatic rings. The molecule has 0 spiro atoms. The molecule has 76 valence electrons. The normalized spacial score (nSPS) is 11.2. The standard InChI is InChI=1S/C6H5ClF3NS.ClH/c1-3-11-5(6(8,9)10)4(2-7)12-3;/h2H2,1H3;1H. The fourth-order valence-corrected chi connectivity index (χ4v) is 1.88. The maximum Gasteiger partial charge on any atom is 0.434 e. The zero-order valence-electron chi connectivity index (χ0n) is 6.48. The first-order chi connectivity index (χ1) is 5.45. The molecule has 0 unspecified atom stereocenters. The molecule has 0 radical (unpaired) electrons. The average Bonchev–Trinajstić information content (AvgIpc) is 2.29. The van der Waals surface area contributed by atoms with E-state index >= 15 is 0 Å². The summed E-state index contributed by atoms with van der Waals surface area (Å²) >= 11 is 6.30. The number of aromatic nitrogens is 1. The number of nitrogens with zero attached hydrogens (tertiary/aromatic N) is 1. The predicted octanol–water partition coefficient (Wildman–Crippen LogP) is 3.63. The molecule has 13 heavy (non-hydrogen) atoms. The minimum absolute atomic E-state index is 0. The number of thiazole rings is 1. The van der Waals surface area contributed by atoms with Gasteiger partial charge in [0, 0.05) is 0 Å². The summed E-state index contributed by atoms with van der Waals surface area (Å²) in [6.45, 7) is 1.52. The van der Waals surface area contributed by atoms with Crippen LogP contribution in [-0.2, 0) is 12.1 Å². The molecule has 7 heteroatoms. The van der Waals surface area contributed by atoms with E-state index < -0.39 is 11.9 Å². The Morgan fingerprint density at radius 3 is 2.31 bits per heavy atom. The molecular weight excluding hydrogens is 246 g/mol. The third kappa shape index (κ3) is 3.00. The zero-order chi connectivity index (χ0) is 9.35. The zero-order valence-corrected chi connectivity index (χ0v) is 8.87. The Balaban J connectivity index is 0.00000144. The molecule has 0 N–H and O–H groups in total. The van der Waals surface area contributed by atoms with E-state index in [1.165, 1.54) is 6.92 Å². The molecule has 1 nitrogen and oxygen atoms in total. The van der Waals surface area contributed by atoms with Gasteiger partial charge in [-0.15, -0.1) is 35.3 Å². The molecule has 0 saturated heterocycles. The molecule has 0 amide bonds. The Bertz CT molecular complexity index is 284. The van der Waals surface area contributed by atoms with E-state index in [-0.39, 0.29) is 23.2 Å². The van der Waals surface area contributed by atoms with Gasteiger partial charge in [-0.2, -0.15) is 13.2 Å². The van der Waals surface area contributed by atoms with Gasteiger partial charge in [-0.1, -0.05) is 0 Å². The third-order valence-electron chi connectivity index (χ3n) is 1.19. The van der Waals surface area contributed by atoms with Crippen molar-refractivity contribution in [2.75, 3.05) is 0 Å². The van der Waals surface area contributed by atoms with Crippen LogP contribution < -0.4 is 0 Å². The summed E-state index contributed by atoms with van der Waals surface area (Å²) < 4.78 is 36.4. The van der Waals surface area contributed by atoms with Crippen LogP contribution in [0.15, 0.2) is 0 Å². The van der Waals surface area contributed by atoms with Crippen LogP contribution in [0.2, 0.25) is 0 Å². The lowest BCUT2D eigenvalue weighted by Gasteiger charge is -2.02. The highest BCUT2D eigenvalue weighted by Crippen LogP contribution is 2.34. The highest BCUT2D eigenvalue weighted by molar-refractivity contribution is 7.11. The lowest BCUT2D eigenvalue weighted by molar-refractivity contribution is -0.141. The Kier molecular flexibility index (Phi) is 4.48. The molecule has 0 aliphatic carbocycles. The minimum Gasteiger partial charge on any atom is -0.237 e. The van der Waals surface area contributed by atoms with Crippen LogP contribution in [-0.4, -0.2) is 4.98 Å². The van der Waals surface area contributed by atoms with Crippen molar-refractivity contribution in [1.82, 2.24) is 4.98 Å². The van der Waals surface area contributed by atoms with Crippen molar-refractivity contribution in [1.29, 1.82) is 0 Å². The second-order valence-corrected chi connectivity index (χ2v) is 3.69. The summed E-state index contributed by atoms with van der Waals surface area (Å²) in [4.78, 5) is 3.45. The molecule has 0 bridgehead atoms. The van der Waals surface area contributed by atoms with Crippen molar-refractivity contribution in [3.63, 3.8) is 0 Å². The van der Waals surface area contributed by atoms with Gasteiger partial charge in [0.25, 0.3) is 0 Å². The van der Waals surface area contributed by atoms with E-state index in [9.17, 15) is 13.2 Å². The third-order valence-corrected chi connectivity index (χ3v) is 2.59. The second kappa shape index (κ2) is 4.48. The van der Waals surface area contributed by atoms with Gasteiger partial charge in [-0.3, -0.25) is 0 Å². The number of aryl methyl sites for hydroxylation is 1. The predicted molar refractivity (Wildman–Crippen MR) is 48.7 cm³/mol. The van der Waals surface area contributed by atoms with Gasteiger partial charge in [0.1, 0.15) is 0 Å². The summed E-state index contributed by atoms with van der Waals surface area (Å²) in [5.74, 6) is -0.139. The van der Waals surface area contributed by atoms with Gasteiger partial charge in [0.2, 0.25) is 0 Å². The number of hydrogen-bond acceptors (Lipinski definition) is 2. The van der Waals surface area contributed by atoms with E-state index in [0.29, 0.717) is 5.01 Å². The van der Waals surface area contributed by atoms with Crippen molar-refractivity contribution in [2.24, 2.45) is 0 Å². The first kappa shape index (κ1) is 13.0. The average molecular weight is 252 g/mol. The van der Waals surface area contributed by atoms with Gasteiger partial charge >= 0.3 is 6.18 Å². The Morgan fingerprint density at radius 1 is 1.46 bits per heavy atom. The minimum atomic E-state index is -4.38. The quantitative estimate of drug-likeness (QED) is 0.695. The lowest BCUT2D eigenvalue weighted by atomic mass is 10.4. The van der Waals surface area contributed by atoms with Crippen molar-refractivity contribution in [2.45, 2.75) is 19.0 Å². The van der Waals surface area contributed by atoms with Crippen molar-refractivity contribution in [3.05, 3.63) is 15.6 Å². The Morgan fingerprint density at radius 2 is 2.00 bits per heavy atom. The van der Waals surface area contributed by atoms with E-state index in [1.807, 2.05) is 0 Å². The summed E-state index contributed by atoms with van der Waals surface area (Å²) in [5.41, 5.74) is -0.847. The number of alkyl halides is 4. The molecule has 0 saturated carbocycles. The topological polar surface area (TPSA) is 12.9 Å². The molecule has 1 aromatic heterocycles. The van der Waals surface area contributed by atoms with Gasteiger partial charge < -0.3 is 0 Å². The highest BCUT2D eigenvalue weighted by atomic mass is 35.5. The molecule has 0 atom stereocenters. The Labute approximate surface area is 88.3 Å². The van der Waals surface area contributed by atoms with Gasteiger partial charge in [-0.05, 0) is 6.92 Å². The molecule has 1 heterocycles. The van der Waals surface area contributed by atoms with Crippen molar-refractivity contribution in [3.8, 4) is 0 Å². The summed E-state index contributed by atoms with van der Waals surface area (Å²) in [6.07, 6.45) is -4.38. The van der Waals surface area contributed by atoms with Gasteiger partial charge in [0.05, 0.1) is 15.8 Å². The van der Waals surface area contributed by atoms with Crippen LogP contribution in [0.5, 0.6) is 0 Å².